The van der Waals surface area contributed by atoms with E-state index in [1.807, 2.05) is 12.1 Å². The Kier molecular flexibility index (Phi) is 5.35. The van der Waals surface area contributed by atoms with Crippen LogP contribution in [0.5, 0.6) is 0 Å². The number of benzene rings is 2. The van der Waals surface area contributed by atoms with Gasteiger partial charge in [0.25, 0.3) is 5.91 Å². The van der Waals surface area contributed by atoms with Crippen LogP contribution in [0.25, 0.3) is 21.0 Å². The molecular weight excluding hydrogens is 424 g/mol. The molecule has 1 amide bonds. The number of nitrogens with two attached hydrogens (primary N) is 2. The number of thiophene rings is 1. The van der Waals surface area contributed by atoms with E-state index in [4.69, 9.17) is 10.9 Å². The summed E-state index contributed by atoms with van der Waals surface area (Å²) >= 11 is 1.37. The van der Waals surface area contributed by atoms with Gasteiger partial charge in [0.1, 0.15) is 0 Å². The SMILES string of the molecule is NCCNC(=O)c1cc2c(ccc3cnc(Nc4cccc(S(N)(=O)=O)c4)nc32)s1. The molecule has 30 heavy (non-hydrogen) atoms. The number of hydrogen-bond acceptors (Lipinski definition) is 8. The van der Waals surface area contributed by atoms with Crippen LogP contribution in [0.15, 0.2) is 53.6 Å². The lowest BCUT2D eigenvalue weighted by Crippen LogP contribution is -2.28. The van der Waals surface area contributed by atoms with E-state index < -0.39 is 10.0 Å². The Bertz CT molecular complexity index is 1370. The van der Waals surface area contributed by atoms with E-state index in [1.54, 1.807) is 24.4 Å². The average Bonchev–Trinajstić information content (AvgIpc) is 3.16. The summed E-state index contributed by atoms with van der Waals surface area (Å²) in [5.41, 5.74) is 6.61. The minimum absolute atomic E-state index is 0.0124. The number of aromatic nitrogens is 2. The summed E-state index contributed by atoms with van der Waals surface area (Å²) < 4.78 is 24.0. The van der Waals surface area contributed by atoms with Gasteiger partial charge in [-0.15, -0.1) is 11.3 Å². The largest absolute Gasteiger partial charge is 0.350 e. The van der Waals surface area contributed by atoms with Crippen LogP contribution in [0.1, 0.15) is 9.67 Å². The van der Waals surface area contributed by atoms with Gasteiger partial charge in [-0.25, -0.2) is 23.5 Å². The summed E-state index contributed by atoms with van der Waals surface area (Å²) in [6.07, 6.45) is 1.67. The lowest BCUT2D eigenvalue weighted by Gasteiger charge is -2.07. The van der Waals surface area contributed by atoms with Crippen molar-refractivity contribution in [1.29, 1.82) is 0 Å². The van der Waals surface area contributed by atoms with Crippen molar-refractivity contribution in [2.24, 2.45) is 10.9 Å². The van der Waals surface area contributed by atoms with Crippen molar-refractivity contribution < 1.29 is 13.2 Å². The number of rotatable bonds is 6. The number of primary sulfonamides is 1. The zero-order valence-corrected chi connectivity index (χ0v) is 17.3. The summed E-state index contributed by atoms with van der Waals surface area (Å²) in [6, 6.07) is 11.7. The Hall–Kier alpha value is -3.12. The molecule has 2 aromatic heterocycles. The number of amides is 1. The first-order valence-electron chi connectivity index (χ1n) is 8.92. The van der Waals surface area contributed by atoms with Gasteiger partial charge < -0.3 is 16.4 Å². The highest BCUT2D eigenvalue weighted by atomic mass is 32.2. The van der Waals surface area contributed by atoms with Gasteiger partial charge in [0, 0.05) is 40.4 Å². The summed E-state index contributed by atoms with van der Waals surface area (Å²) in [7, 11) is -3.82. The van der Waals surface area contributed by atoms with Crippen LogP contribution in [0.2, 0.25) is 0 Å². The molecule has 154 valence electrons. The van der Waals surface area contributed by atoms with Crippen LogP contribution in [0.3, 0.4) is 0 Å². The fourth-order valence-corrected chi connectivity index (χ4v) is 4.47. The van der Waals surface area contributed by atoms with Gasteiger partial charge in [0.05, 0.1) is 15.3 Å². The van der Waals surface area contributed by atoms with Gasteiger partial charge >= 0.3 is 0 Å². The second-order valence-electron chi connectivity index (χ2n) is 6.46. The van der Waals surface area contributed by atoms with E-state index in [0.29, 0.717) is 35.1 Å². The topological polar surface area (TPSA) is 153 Å². The summed E-state index contributed by atoms with van der Waals surface area (Å²) in [4.78, 5) is 21.7. The molecule has 6 N–H and O–H groups in total. The number of fused-ring (bicyclic) bond motifs is 3. The Morgan fingerprint density at radius 1 is 1.17 bits per heavy atom. The molecule has 0 aliphatic rings. The number of anilines is 2. The molecule has 0 aliphatic heterocycles. The summed E-state index contributed by atoms with van der Waals surface area (Å²) in [5, 5.41) is 12.6. The number of sulfonamides is 1. The summed E-state index contributed by atoms with van der Waals surface area (Å²) in [6.45, 7) is 0.774. The van der Waals surface area contributed by atoms with Crippen LogP contribution in [0.4, 0.5) is 11.6 Å². The Morgan fingerprint density at radius 2 is 2.00 bits per heavy atom. The lowest BCUT2D eigenvalue weighted by molar-refractivity contribution is 0.0959. The molecule has 4 rings (SSSR count). The van der Waals surface area contributed by atoms with Gasteiger partial charge in [-0.1, -0.05) is 6.07 Å². The molecule has 9 nitrogen and oxygen atoms in total. The maximum atomic E-state index is 12.3. The molecule has 2 heterocycles. The number of carbonyl (C=O) groups excluding carboxylic acids is 1. The minimum Gasteiger partial charge on any atom is -0.350 e. The molecule has 0 atom stereocenters. The van der Waals surface area contributed by atoms with Gasteiger partial charge in [-0.3, -0.25) is 4.79 Å². The fourth-order valence-electron chi connectivity index (χ4n) is 2.93. The lowest BCUT2D eigenvalue weighted by atomic mass is 10.2. The predicted octanol–water partition coefficient (Wildman–Crippen LogP) is 1.92. The Balaban J connectivity index is 1.72. The fraction of sp³-hybridized carbons (Fsp3) is 0.105. The average molecular weight is 443 g/mol. The van der Waals surface area contributed by atoms with Crippen LogP contribution in [-0.4, -0.2) is 37.4 Å². The maximum absolute atomic E-state index is 12.3. The third kappa shape index (κ3) is 4.09. The van der Waals surface area contributed by atoms with Crippen molar-refractivity contribution in [2.45, 2.75) is 4.90 Å². The van der Waals surface area contributed by atoms with E-state index in [2.05, 4.69) is 20.6 Å². The van der Waals surface area contributed by atoms with Crippen molar-refractivity contribution in [2.75, 3.05) is 18.4 Å². The molecule has 0 saturated heterocycles. The first-order chi connectivity index (χ1) is 14.3. The van der Waals surface area contributed by atoms with Crippen LogP contribution in [-0.2, 0) is 10.0 Å². The second-order valence-corrected chi connectivity index (χ2v) is 9.11. The quantitative estimate of drug-likeness (QED) is 0.356. The van der Waals surface area contributed by atoms with Crippen molar-refractivity contribution >= 4 is 59.9 Å². The van der Waals surface area contributed by atoms with E-state index in [0.717, 1.165) is 15.5 Å². The molecule has 0 radical (unpaired) electrons. The number of hydrogen-bond donors (Lipinski definition) is 4. The number of nitrogens with zero attached hydrogens (tertiary/aromatic N) is 2. The zero-order valence-electron chi connectivity index (χ0n) is 15.6. The van der Waals surface area contributed by atoms with Crippen molar-refractivity contribution in [3.63, 3.8) is 0 Å². The molecule has 2 aromatic carbocycles. The smallest absolute Gasteiger partial charge is 0.261 e. The Morgan fingerprint density at radius 3 is 2.77 bits per heavy atom. The first-order valence-corrected chi connectivity index (χ1v) is 11.3. The molecule has 11 heteroatoms. The third-order valence-corrected chi connectivity index (χ3v) is 6.33. The molecule has 0 unspecified atom stereocenters. The standard InChI is InChI=1S/C19H18N6O3S2/c20-6-7-22-18(26)16-9-14-15(29-16)5-4-11-10-23-19(25-17(11)14)24-12-2-1-3-13(8-12)30(21,27)28/h1-5,8-10H,6-7,20H2,(H,22,26)(H2,21,27,28)(H,23,24,25). The van der Waals surface area contributed by atoms with E-state index >= 15 is 0 Å². The van der Waals surface area contributed by atoms with Crippen LogP contribution in [0, 0.1) is 0 Å². The third-order valence-electron chi connectivity index (χ3n) is 4.32. The Labute approximate surface area is 176 Å². The van der Waals surface area contributed by atoms with Crippen LogP contribution < -0.4 is 21.5 Å². The molecule has 0 saturated carbocycles. The van der Waals surface area contributed by atoms with Crippen molar-refractivity contribution in [3.8, 4) is 0 Å². The minimum atomic E-state index is -3.82. The molecule has 4 aromatic rings. The summed E-state index contributed by atoms with van der Waals surface area (Å²) in [5.74, 6) is 0.115. The number of carbonyl (C=O) groups is 1. The molecular formula is C19H18N6O3S2. The van der Waals surface area contributed by atoms with E-state index in [-0.39, 0.29) is 10.8 Å². The van der Waals surface area contributed by atoms with Crippen molar-refractivity contribution in [3.05, 3.63) is 53.5 Å². The second kappa shape index (κ2) is 7.95. The van der Waals surface area contributed by atoms with E-state index in [1.165, 1.54) is 23.5 Å². The number of nitrogens with one attached hydrogen (secondary N) is 2. The molecule has 0 spiro atoms. The van der Waals surface area contributed by atoms with Gasteiger partial charge in [0.2, 0.25) is 16.0 Å². The zero-order chi connectivity index (χ0) is 21.3. The maximum Gasteiger partial charge on any atom is 0.261 e. The highest BCUT2D eigenvalue weighted by Crippen LogP contribution is 2.31. The highest BCUT2D eigenvalue weighted by molar-refractivity contribution is 7.89. The normalized spacial score (nSPS) is 11.7. The van der Waals surface area contributed by atoms with Gasteiger partial charge in [-0.05, 0) is 36.4 Å². The van der Waals surface area contributed by atoms with Crippen LogP contribution >= 0.6 is 11.3 Å². The van der Waals surface area contributed by atoms with Gasteiger partial charge in [0.15, 0.2) is 0 Å². The highest BCUT2D eigenvalue weighted by Gasteiger charge is 2.14. The predicted molar refractivity (Wildman–Crippen MR) is 117 cm³/mol. The first kappa shape index (κ1) is 20.2. The van der Waals surface area contributed by atoms with Gasteiger partial charge in [-0.2, -0.15) is 0 Å². The van der Waals surface area contributed by atoms with Crippen molar-refractivity contribution in [1.82, 2.24) is 15.3 Å². The molecule has 0 fully saturated rings. The molecule has 0 aliphatic carbocycles. The molecule has 0 bridgehead atoms. The monoisotopic (exact) mass is 442 g/mol. The van der Waals surface area contributed by atoms with E-state index in [9.17, 15) is 13.2 Å².